The van der Waals surface area contributed by atoms with Crippen LogP contribution in [-0.2, 0) is 6.54 Å². The van der Waals surface area contributed by atoms with Gasteiger partial charge < -0.3 is 19.2 Å². The fourth-order valence-corrected chi connectivity index (χ4v) is 4.15. The highest BCUT2D eigenvalue weighted by molar-refractivity contribution is 5.99. The van der Waals surface area contributed by atoms with Crippen LogP contribution in [0.1, 0.15) is 33.3 Å². The minimum atomic E-state index is -0.893. The summed E-state index contributed by atoms with van der Waals surface area (Å²) in [5, 5.41) is 10.0. The van der Waals surface area contributed by atoms with Gasteiger partial charge in [0.2, 0.25) is 5.76 Å². The molecular weight excluding hydrogens is 432 g/mol. The smallest absolute Gasteiger partial charge is 0.291 e. The number of aromatic hydroxyl groups is 1. The molecule has 1 aromatic heterocycles. The molecule has 1 aliphatic heterocycles. The number of halogens is 2. The second kappa shape index (κ2) is 7.74. The molecular formula is C25H17F2NO5. The number of carbonyl (C=O) groups is 1. The monoisotopic (exact) mass is 449 g/mol. The van der Waals surface area contributed by atoms with Crippen LogP contribution in [0.4, 0.5) is 8.78 Å². The molecule has 1 atom stereocenters. The number of benzene rings is 3. The van der Waals surface area contributed by atoms with Gasteiger partial charge in [-0.2, -0.15) is 0 Å². The Bertz CT molecular complexity index is 1460. The van der Waals surface area contributed by atoms with Crippen LogP contribution in [0, 0.1) is 11.6 Å². The lowest BCUT2D eigenvalue weighted by Crippen LogP contribution is -2.29. The molecule has 0 saturated carbocycles. The van der Waals surface area contributed by atoms with Gasteiger partial charge in [-0.1, -0.05) is 18.2 Å². The Morgan fingerprint density at radius 2 is 1.73 bits per heavy atom. The van der Waals surface area contributed by atoms with E-state index in [0.717, 1.165) is 12.1 Å². The molecule has 0 spiro atoms. The molecule has 0 fully saturated rings. The van der Waals surface area contributed by atoms with Crippen molar-refractivity contribution < 1.29 is 27.8 Å². The second-order valence-electron chi connectivity index (χ2n) is 7.71. The molecule has 166 valence electrons. The molecule has 0 unspecified atom stereocenters. The summed E-state index contributed by atoms with van der Waals surface area (Å²) < 4.78 is 38.2. The maximum Gasteiger partial charge on any atom is 0.291 e. The van der Waals surface area contributed by atoms with Crippen molar-refractivity contribution in [3.05, 3.63) is 105 Å². The molecule has 0 saturated heterocycles. The number of methoxy groups -OCH3 is 1. The van der Waals surface area contributed by atoms with Crippen LogP contribution in [0.25, 0.3) is 11.0 Å². The Morgan fingerprint density at radius 3 is 2.45 bits per heavy atom. The van der Waals surface area contributed by atoms with E-state index in [1.54, 1.807) is 18.2 Å². The van der Waals surface area contributed by atoms with Gasteiger partial charge in [0.15, 0.2) is 16.9 Å². The largest absolute Gasteiger partial charge is 0.504 e. The van der Waals surface area contributed by atoms with Gasteiger partial charge in [0, 0.05) is 6.54 Å². The third-order valence-corrected chi connectivity index (χ3v) is 5.71. The summed E-state index contributed by atoms with van der Waals surface area (Å²) in [6.07, 6.45) is 0. The Balaban J connectivity index is 1.73. The van der Waals surface area contributed by atoms with Crippen molar-refractivity contribution in [2.24, 2.45) is 0 Å². The molecule has 0 aliphatic carbocycles. The van der Waals surface area contributed by atoms with Crippen LogP contribution in [0.3, 0.4) is 0 Å². The highest BCUT2D eigenvalue weighted by Crippen LogP contribution is 2.41. The molecule has 0 bridgehead atoms. The zero-order valence-electron chi connectivity index (χ0n) is 17.3. The zero-order valence-corrected chi connectivity index (χ0v) is 17.3. The lowest BCUT2D eigenvalue weighted by atomic mass is 9.97. The summed E-state index contributed by atoms with van der Waals surface area (Å²) >= 11 is 0. The Morgan fingerprint density at radius 1 is 1.00 bits per heavy atom. The van der Waals surface area contributed by atoms with Gasteiger partial charge in [-0.3, -0.25) is 9.59 Å². The summed E-state index contributed by atoms with van der Waals surface area (Å²) in [6.45, 7) is 0.0569. The van der Waals surface area contributed by atoms with Crippen molar-refractivity contribution >= 4 is 16.9 Å². The molecule has 1 N–H and O–H groups in total. The molecule has 1 aliphatic rings. The number of rotatable bonds is 4. The maximum atomic E-state index is 13.9. The van der Waals surface area contributed by atoms with E-state index in [1.807, 2.05) is 0 Å². The van der Waals surface area contributed by atoms with Crippen LogP contribution < -0.4 is 10.2 Å². The van der Waals surface area contributed by atoms with Crippen molar-refractivity contribution in [2.75, 3.05) is 7.11 Å². The van der Waals surface area contributed by atoms with E-state index in [9.17, 15) is 23.5 Å². The molecule has 2 heterocycles. The quantitative estimate of drug-likeness (QED) is 0.495. The van der Waals surface area contributed by atoms with E-state index in [0.29, 0.717) is 11.1 Å². The van der Waals surface area contributed by atoms with Crippen molar-refractivity contribution in [1.29, 1.82) is 0 Å². The molecule has 3 aromatic carbocycles. The summed E-state index contributed by atoms with van der Waals surface area (Å²) in [5.41, 5.74) is 0.753. The Kier molecular flexibility index (Phi) is 4.85. The number of carbonyl (C=O) groups excluding carboxylic acids is 1. The van der Waals surface area contributed by atoms with Gasteiger partial charge in [-0.05, 0) is 53.6 Å². The van der Waals surface area contributed by atoms with Gasteiger partial charge in [0.05, 0.1) is 24.1 Å². The van der Waals surface area contributed by atoms with Crippen molar-refractivity contribution in [3.63, 3.8) is 0 Å². The highest BCUT2D eigenvalue weighted by Gasteiger charge is 2.43. The number of nitrogens with zero attached hydrogens (tertiary/aromatic N) is 1. The highest BCUT2D eigenvalue weighted by atomic mass is 19.1. The molecule has 8 heteroatoms. The molecule has 0 radical (unpaired) electrons. The van der Waals surface area contributed by atoms with Gasteiger partial charge in [-0.15, -0.1) is 0 Å². The van der Waals surface area contributed by atoms with Crippen LogP contribution in [0.5, 0.6) is 11.5 Å². The fourth-order valence-electron chi connectivity index (χ4n) is 4.15. The normalized spacial score (nSPS) is 15.2. The minimum Gasteiger partial charge on any atom is -0.504 e. The predicted molar refractivity (Wildman–Crippen MR) is 115 cm³/mol. The van der Waals surface area contributed by atoms with E-state index in [-0.39, 0.29) is 40.3 Å². The zero-order chi connectivity index (χ0) is 23.3. The molecule has 33 heavy (non-hydrogen) atoms. The maximum absolute atomic E-state index is 13.9. The first-order valence-corrected chi connectivity index (χ1v) is 10.1. The van der Waals surface area contributed by atoms with E-state index >= 15 is 0 Å². The standard InChI is InChI=1S/C25H17F2NO5/c1-32-20-10-14(4-8-18(20)29)22-21-23(30)17-11-16(27)7-9-19(17)33-24(21)25(31)28(22)12-13-2-5-15(26)6-3-13/h2-11,22,29H,12H2,1H3/t22-/m0/s1. The minimum absolute atomic E-state index is 0.0147. The predicted octanol–water partition coefficient (Wildman–Crippen LogP) is 4.53. The fraction of sp³-hybridized carbons (Fsp3) is 0.120. The van der Waals surface area contributed by atoms with Crippen molar-refractivity contribution in [3.8, 4) is 11.5 Å². The van der Waals surface area contributed by atoms with Crippen LogP contribution in [-0.4, -0.2) is 23.0 Å². The topological polar surface area (TPSA) is 80.0 Å². The number of fused-ring (bicyclic) bond motifs is 2. The van der Waals surface area contributed by atoms with E-state index in [1.165, 1.54) is 42.3 Å². The summed E-state index contributed by atoms with van der Waals surface area (Å²) in [6, 6.07) is 12.8. The van der Waals surface area contributed by atoms with E-state index < -0.39 is 29.0 Å². The Hall–Kier alpha value is -4.20. The summed E-state index contributed by atoms with van der Waals surface area (Å²) in [5.74, 6) is -1.65. The average molecular weight is 449 g/mol. The first-order chi connectivity index (χ1) is 15.9. The number of ether oxygens (including phenoxy) is 1. The number of amides is 1. The average Bonchev–Trinajstić information content (AvgIpc) is 3.08. The summed E-state index contributed by atoms with van der Waals surface area (Å²) in [4.78, 5) is 28.3. The first kappa shape index (κ1) is 20.7. The van der Waals surface area contributed by atoms with Crippen molar-refractivity contribution in [1.82, 2.24) is 4.90 Å². The third kappa shape index (κ3) is 3.40. The number of phenolic OH excluding ortho intramolecular Hbond substituents is 1. The van der Waals surface area contributed by atoms with Gasteiger partial charge >= 0.3 is 0 Å². The molecule has 5 rings (SSSR count). The van der Waals surface area contributed by atoms with E-state index in [4.69, 9.17) is 9.15 Å². The number of hydrogen-bond acceptors (Lipinski definition) is 5. The Labute approximate surface area is 186 Å². The second-order valence-corrected chi connectivity index (χ2v) is 7.71. The van der Waals surface area contributed by atoms with Gasteiger partial charge in [0.1, 0.15) is 17.2 Å². The van der Waals surface area contributed by atoms with Crippen LogP contribution in [0.15, 0.2) is 69.9 Å². The van der Waals surface area contributed by atoms with Crippen LogP contribution in [0.2, 0.25) is 0 Å². The lowest BCUT2D eigenvalue weighted by Gasteiger charge is -2.25. The van der Waals surface area contributed by atoms with Crippen LogP contribution >= 0.6 is 0 Å². The van der Waals surface area contributed by atoms with Crippen molar-refractivity contribution in [2.45, 2.75) is 12.6 Å². The van der Waals surface area contributed by atoms with Gasteiger partial charge in [0.25, 0.3) is 5.91 Å². The first-order valence-electron chi connectivity index (χ1n) is 10.1. The number of phenols is 1. The third-order valence-electron chi connectivity index (χ3n) is 5.71. The summed E-state index contributed by atoms with van der Waals surface area (Å²) in [7, 11) is 1.38. The SMILES string of the molecule is COc1cc([C@H]2c3c(oc4ccc(F)cc4c3=O)C(=O)N2Cc2ccc(F)cc2)ccc1O. The lowest BCUT2D eigenvalue weighted by molar-refractivity contribution is 0.0714. The van der Waals surface area contributed by atoms with E-state index in [2.05, 4.69) is 0 Å². The molecule has 1 amide bonds. The van der Waals surface area contributed by atoms with Gasteiger partial charge in [-0.25, -0.2) is 8.78 Å². The molecule has 6 nitrogen and oxygen atoms in total. The molecule has 4 aromatic rings. The number of hydrogen-bond donors (Lipinski definition) is 1.